The predicted molar refractivity (Wildman–Crippen MR) is 119 cm³/mol. The normalized spacial score (nSPS) is 11.2. The molecule has 0 spiro atoms. The van der Waals surface area contributed by atoms with Crippen molar-refractivity contribution in [1.29, 1.82) is 0 Å². The van der Waals surface area contributed by atoms with Gasteiger partial charge in [0, 0.05) is 28.9 Å². The average molecular weight is 403 g/mol. The van der Waals surface area contributed by atoms with E-state index in [1.807, 2.05) is 68.5 Å². The van der Waals surface area contributed by atoms with Gasteiger partial charge in [0.05, 0.1) is 0 Å². The molecule has 1 amide bonds. The lowest BCUT2D eigenvalue weighted by molar-refractivity contribution is 0.0955. The highest BCUT2D eigenvalue weighted by atomic mass is 32.2. The molecule has 0 unspecified atom stereocenters. The van der Waals surface area contributed by atoms with Crippen LogP contribution in [0.5, 0.6) is 0 Å². The van der Waals surface area contributed by atoms with Crippen LogP contribution in [0.3, 0.4) is 0 Å². The molecular formula is C23H22N4OS. The quantitative estimate of drug-likeness (QED) is 0.266. The van der Waals surface area contributed by atoms with Crippen LogP contribution in [0.2, 0.25) is 0 Å². The van der Waals surface area contributed by atoms with Gasteiger partial charge in [0.25, 0.3) is 5.91 Å². The number of hydrogen-bond donors (Lipinski definition) is 1. The van der Waals surface area contributed by atoms with Gasteiger partial charge in [-0.3, -0.25) is 4.79 Å². The molecule has 0 saturated heterocycles. The number of amides is 1. The number of hydrazone groups is 1. The third-order valence-corrected chi connectivity index (χ3v) is 4.88. The topological polar surface area (TPSA) is 67.2 Å². The zero-order chi connectivity index (χ0) is 20.5. The Labute approximate surface area is 175 Å². The molecule has 3 rings (SSSR count). The van der Waals surface area contributed by atoms with Crippen molar-refractivity contribution in [1.82, 2.24) is 15.4 Å². The summed E-state index contributed by atoms with van der Waals surface area (Å²) in [6.07, 6.45) is 5.26. The first kappa shape index (κ1) is 20.5. The maximum Gasteiger partial charge on any atom is 0.271 e. The average Bonchev–Trinajstić information content (AvgIpc) is 2.72. The second kappa shape index (κ2) is 10.3. The summed E-state index contributed by atoms with van der Waals surface area (Å²) in [5.41, 5.74) is 7.19. The number of allylic oxidation sites excluding steroid dienone is 1. The minimum Gasteiger partial charge on any atom is -0.267 e. The summed E-state index contributed by atoms with van der Waals surface area (Å²) in [5, 5.41) is 4.71. The van der Waals surface area contributed by atoms with Crippen LogP contribution in [-0.4, -0.2) is 22.1 Å². The van der Waals surface area contributed by atoms with Gasteiger partial charge in [0.2, 0.25) is 0 Å². The number of benzene rings is 2. The molecule has 6 heteroatoms. The van der Waals surface area contributed by atoms with Gasteiger partial charge < -0.3 is 0 Å². The monoisotopic (exact) mass is 402 g/mol. The van der Waals surface area contributed by atoms with E-state index in [1.165, 1.54) is 0 Å². The lowest BCUT2D eigenvalue weighted by Crippen LogP contribution is -2.17. The van der Waals surface area contributed by atoms with E-state index < -0.39 is 0 Å². The molecule has 0 atom stereocenters. The first-order chi connectivity index (χ1) is 14.1. The molecule has 0 radical (unpaired) electrons. The number of carbonyl (C=O) groups excluding carboxylic acids is 1. The van der Waals surface area contributed by atoms with Crippen LogP contribution in [0.4, 0.5) is 0 Å². The Morgan fingerprint density at radius 1 is 1.03 bits per heavy atom. The number of nitrogens with one attached hydrogen (secondary N) is 1. The van der Waals surface area contributed by atoms with E-state index in [4.69, 9.17) is 0 Å². The van der Waals surface area contributed by atoms with Crippen LogP contribution in [0, 0.1) is 13.8 Å². The van der Waals surface area contributed by atoms with Gasteiger partial charge in [-0.2, -0.15) is 5.10 Å². The van der Waals surface area contributed by atoms with E-state index >= 15 is 0 Å². The van der Waals surface area contributed by atoms with Crippen molar-refractivity contribution in [2.45, 2.75) is 24.8 Å². The summed E-state index contributed by atoms with van der Waals surface area (Å²) in [6.45, 7) is 3.93. The van der Waals surface area contributed by atoms with Gasteiger partial charge in [-0.15, -0.1) is 0 Å². The van der Waals surface area contributed by atoms with E-state index in [2.05, 4.69) is 20.5 Å². The van der Waals surface area contributed by atoms with E-state index in [1.54, 1.807) is 36.2 Å². The van der Waals surface area contributed by atoms with E-state index in [9.17, 15) is 4.79 Å². The summed E-state index contributed by atoms with van der Waals surface area (Å²) in [7, 11) is 0. The number of rotatable bonds is 7. The van der Waals surface area contributed by atoms with Crippen molar-refractivity contribution >= 4 is 30.0 Å². The summed E-state index contributed by atoms with van der Waals surface area (Å²) >= 11 is 1.58. The molecule has 1 heterocycles. The van der Waals surface area contributed by atoms with Gasteiger partial charge >= 0.3 is 0 Å². The van der Waals surface area contributed by atoms with Crippen molar-refractivity contribution in [3.63, 3.8) is 0 Å². The van der Waals surface area contributed by atoms with Gasteiger partial charge in [-0.25, -0.2) is 15.4 Å². The molecule has 0 bridgehead atoms. The fourth-order valence-corrected chi connectivity index (χ4v) is 3.49. The van der Waals surface area contributed by atoms with Crippen LogP contribution in [0.25, 0.3) is 6.08 Å². The highest BCUT2D eigenvalue weighted by Crippen LogP contribution is 2.20. The molecule has 3 aromatic rings. The fourth-order valence-electron chi connectivity index (χ4n) is 2.58. The number of carbonyl (C=O) groups is 1. The minimum absolute atomic E-state index is 0.244. The second-order valence-corrected chi connectivity index (χ2v) is 7.35. The lowest BCUT2D eigenvalue weighted by atomic mass is 10.1. The van der Waals surface area contributed by atoms with Crippen molar-refractivity contribution in [2.24, 2.45) is 5.10 Å². The van der Waals surface area contributed by atoms with E-state index in [-0.39, 0.29) is 5.91 Å². The van der Waals surface area contributed by atoms with Crippen LogP contribution in [-0.2, 0) is 5.75 Å². The molecule has 2 aromatic carbocycles. The van der Waals surface area contributed by atoms with Crippen molar-refractivity contribution in [2.75, 3.05) is 0 Å². The number of thioether (sulfide) groups is 1. The Morgan fingerprint density at radius 3 is 2.41 bits per heavy atom. The lowest BCUT2D eigenvalue weighted by Gasteiger charge is -2.04. The van der Waals surface area contributed by atoms with Gasteiger partial charge in [0.1, 0.15) is 0 Å². The molecule has 0 aliphatic carbocycles. The number of aromatic nitrogens is 2. The molecule has 29 heavy (non-hydrogen) atoms. The molecule has 1 aromatic heterocycles. The van der Waals surface area contributed by atoms with Gasteiger partial charge in [-0.1, -0.05) is 60.3 Å². The minimum atomic E-state index is -0.244. The van der Waals surface area contributed by atoms with Crippen LogP contribution >= 0.6 is 11.8 Å². The highest BCUT2D eigenvalue weighted by Gasteiger charge is 2.05. The first-order valence-corrected chi connectivity index (χ1v) is 10.2. The molecule has 0 aliphatic rings. The van der Waals surface area contributed by atoms with Gasteiger partial charge in [0.15, 0.2) is 5.16 Å². The molecule has 0 aliphatic heterocycles. The summed E-state index contributed by atoms with van der Waals surface area (Å²) in [4.78, 5) is 21.0. The Morgan fingerprint density at radius 2 is 1.72 bits per heavy atom. The SMILES string of the molecule is Cc1cc(C)nc(SCc2ccc(C(=O)NN=C/C=C\c3ccccc3)cc2)n1. The zero-order valence-electron chi connectivity index (χ0n) is 16.4. The van der Waals surface area contributed by atoms with E-state index in [0.29, 0.717) is 5.56 Å². The molecule has 0 saturated carbocycles. The molecular weight excluding hydrogens is 380 g/mol. The zero-order valence-corrected chi connectivity index (χ0v) is 17.2. The second-order valence-electron chi connectivity index (χ2n) is 6.41. The largest absolute Gasteiger partial charge is 0.271 e. The molecule has 5 nitrogen and oxygen atoms in total. The van der Waals surface area contributed by atoms with Crippen LogP contribution < -0.4 is 5.43 Å². The van der Waals surface area contributed by atoms with Gasteiger partial charge in [-0.05, 0) is 49.2 Å². The van der Waals surface area contributed by atoms with Crippen molar-refractivity contribution in [3.8, 4) is 0 Å². The standard InChI is InChI=1S/C23H22N4OS/c1-17-15-18(2)26-23(25-17)29-16-20-10-12-21(13-11-20)22(28)27-24-14-6-9-19-7-4-3-5-8-19/h3-15H,16H2,1-2H3,(H,27,28)/b9-6-,24-14?. The molecule has 0 fully saturated rings. The Bertz CT molecular complexity index is 995. The van der Waals surface area contributed by atoms with Crippen molar-refractivity contribution in [3.05, 3.63) is 94.8 Å². The Kier molecular flexibility index (Phi) is 7.30. The third kappa shape index (κ3) is 6.69. The maximum absolute atomic E-state index is 12.2. The molecule has 1 N–H and O–H groups in total. The summed E-state index contributed by atoms with van der Waals surface area (Å²) in [6, 6.07) is 19.3. The van der Waals surface area contributed by atoms with E-state index in [0.717, 1.165) is 33.4 Å². The Hall–Kier alpha value is -3.25. The smallest absolute Gasteiger partial charge is 0.267 e. The first-order valence-electron chi connectivity index (χ1n) is 9.19. The number of aryl methyl sites for hydroxylation is 2. The predicted octanol–water partition coefficient (Wildman–Crippen LogP) is 4.81. The fraction of sp³-hybridized carbons (Fsp3) is 0.130. The van der Waals surface area contributed by atoms with Crippen molar-refractivity contribution < 1.29 is 4.79 Å². The summed E-state index contributed by atoms with van der Waals surface area (Å²) in [5.74, 6) is 0.499. The molecule has 146 valence electrons. The van der Waals surface area contributed by atoms with Crippen LogP contribution in [0.15, 0.2) is 77.0 Å². The Balaban J connectivity index is 1.49. The number of nitrogens with zero attached hydrogens (tertiary/aromatic N) is 3. The van der Waals surface area contributed by atoms with Crippen LogP contribution in [0.1, 0.15) is 32.9 Å². The summed E-state index contributed by atoms with van der Waals surface area (Å²) < 4.78 is 0. The maximum atomic E-state index is 12.2. The third-order valence-electron chi connectivity index (χ3n) is 3.96. The number of hydrogen-bond acceptors (Lipinski definition) is 5. The highest BCUT2D eigenvalue weighted by molar-refractivity contribution is 7.98.